The van der Waals surface area contributed by atoms with Crippen LogP contribution in [-0.4, -0.2) is 40.2 Å². The van der Waals surface area contributed by atoms with Crippen LogP contribution in [0.3, 0.4) is 0 Å². The molecule has 1 N–H and O–H groups in total. The van der Waals surface area contributed by atoms with Gasteiger partial charge in [0.15, 0.2) is 0 Å². The summed E-state index contributed by atoms with van der Waals surface area (Å²) in [7, 11) is 1.66. The fraction of sp³-hybridized carbons (Fsp3) is 0.421. The van der Waals surface area contributed by atoms with Gasteiger partial charge in [-0.25, -0.2) is 0 Å². The number of aliphatic hydroxyl groups is 1. The molecule has 4 nitrogen and oxygen atoms in total. The Morgan fingerprint density at radius 3 is 3.09 bits per heavy atom. The van der Waals surface area contributed by atoms with Crippen molar-refractivity contribution >= 4 is 10.9 Å². The summed E-state index contributed by atoms with van der Waals surface area (Å²) in [5.74, 6) is 2.04. The van der Waals surface area contributed by atoms with E-state index in [-0.39, 0.29) is 11.6 Å². The van der Waals surface area contributed by atoms with Crippen molar-refractivity contribution in [1.29, 1.82) is 0 Å². The van der Waals surface area contributed by atoms with Crippen LogP contribution in [0.2, 0.25) is 0 Å². The predicted octanol–water partition coefficient (Wildman–Crippen LogP) is 2.54. The number of benzene rings is 1. The molecule has 0 bridgehead atoms. The molecule has 4 heteroatoms. The van der Waals surface area contributed by atoms with Gasteiger partial charge in [0.1, 0.15) is 5.75 Å². The van der Waals surface area contributed by atoms with Crippen molar-refractivity contribution < 1.29 is 9.84 Å². The van der Waals surface area contributed by atoms with Crippen molar-refractivity contribution in [1.82, 2.24) is 9.88 Å². The van der Waals surface area contributed by atoms with E-state index in [9.17, 15) is 5.11 Å². The highest BCUT2D eigenvalue weighted by Crippen LogP contribution is 2.76. The quantitative estimate of drug-likeness (QED) is 0.696. The Kier molecular flexibility index (Phi) is 2.55. The normalized spacial score (nSPS) is 37.8. The third-order valence-corrected chi connectivity index (χ3v) is 6.23. The van der Waals surface area contributed by atoms with Gasteiger partial charge in [0.2, 0.25) is 0 Å². The van der Waals surface area contributed by atoms with Crippen LogP contribution in [0.1, 0.15) is 18.1 Å². The molecule has 1 aromatic heterocycles. The first-order valence-corrected chi connectivity index (χ1v) is 8.23. The Bertz CT molecular complexity index is 820. The smallest absolute Gasteiger partial charge is 0.119 e. The molecule has 3 aliphatic rings. The van der Waals surface area contributed by atoms with Crippen molar-refractivity contribution in [3.8, 4) is 5.75 Å². The van der Waals surface area contributed by atoms with Gasteiger partial charge in [-0.3, -0.25) is 9.88 Å². The molecule has 1 aliphatic carbocycles. The maximum atomic E-state index is 11.1. The van der Waals surface area contributed by atoms with Crippen molar-refractivity contribution in [3.63, 3.8) is 0 Å². The van der Waals surface area contributed by atoms with Crippen LogP contribution in [0, 0.1) is 11.8 Å². The Morgan fingerprint density at radius 1 is 1.48 bits per heavy atom. The van der Waals surface area contributed by atoms with Gasteiger partial charge in [-0.15, -0.1) is 6.58 Å². The van der Waals surface area contributed by atoms with E-state index in [0.717, 1.165) is 28.8 Å². The van der Waals surface area contributed by atoms with E-state index in [2.05, 4.69) is 22.5 Å². The number of rotatable bonds is 4. The molecule has 23 heavy (non-hydrogen) atoms. The van der Waals surface area contributed by atoms with Gasteiger partial charge in [0, 0.05) is 23.0 Å². The van der Waals surface area contributed by atoms with E-state index in [1.54, 1.807) is 13.3 Å². The molecule has 2 aromatic rings. The molecule has 3 heterocycles. The van der Waals surface area contributed by atoms with Gasteiger partial charge in [0.25, 0.3) is 0 Å². The highest BCUT2D eigenvalue weighted by Gasteiger charge is 2.86. The summed E-state index contributed by atoms with van der Waals surface area (Å²) in [5.41, 5.74) is 2.06. The first-order valence-electron chi connectivity index (χ1n) is 8.23. The van der Waals surface area contributed by atoms with E-state index in [4.69, 9.17) is 4.74 Å². The van der Waals surface area contributed by atoms with Crippen LogP contribution < -0.4 is 4.74 Å². The van der Waals surface area contributed by atoms with Crippen LogP contribution in [0.15, 0.2) is 43.1 Å². The van der Waals surface area contributed by atoms with Gasteiger partial charge < -0.3 is 9.84 Å². The maximum Gasteiger partial charge on any atom is 0.119 e. The molecule has 6 unspecified atom stereocenters. The Morgan fingerprint density at radius 2 is 2.35 bits per heavy atom. The lowest BCUT2D eigenvalue weighted by Crippen LogP contribution is -2.15. The monoisotopic (exact) mass is 308 g/mol. The van der Waals surface area contributed by atoms with E-state index in [1.807, 2.05) is 24.3 Å². The Balaban J connectivity index is 1.55. The molecule has 1 aromatic carbocycles. The molecule has 2 saturated heterocycles. The zero-order chi connectivity index (χ0) is 15.8. The van der Waals surface area contributed by atoms with Crippen molar-refractivity contribution in [2.75, 3.05) is 13.7 Å². The topological polar surface area (TPSA) is 45.4 Å². The van der Waals surface area contributed by atoms with Crippen LogP contribution in [0.4, 0.5) is 0 Å². The second kappa shape index (κ2) is 4.34. The zero-order valence-corrected chi connectivity index (χ0v) is 13.1. The molecule has 3 fully saturated rings. The standard InChI is InChI=1S/C19H20N2O2/c1-3-14-15-7-9-21-18(19(14,15)21)17(22)12-6-8-20-16-5-4-11(23-2)10-13(12)16/h3-6,8,10,14-15,17-18,22H,1,7,9H2,2H3. The van der Waals surface area contributed by atoms with Crippen LogP contribution in [-0.2, 0) is 0 Å². The molecule has 118 valence electrons. The fourth-order valence-electron chi connectivity index (χ4n) is 5.22. The fourth-order valence-corrected chi connectivity index (χ4v) is 5.22. The molecule has 2 aliphatic heterocycles. The summed E-state index contributed by atoms with van der Waals surface area (Å²) >= 11 is 0. The lowest BCUT2D eigenvalue weighted by molar-refractivity contribution is 0.156. The largest absolute Gasteiger partial charge is 0.497 e. The summed E-state index contributed by atoms with van der Waals surface area (Å²) in [6.45, 7) is 5.08. The first kappa shape index (κ1) is 13.5. The minimum atomic E-state index is -0.486. The molecule has 6 atom stereocenters. The molecular weight excluding hydrogens is 288 g/mol. The number of hydrogen-bond donors (Lipinski definition) is 1. The Labute approximate surface area is 135 Å². The number of hydrogen-bond acceptors (Lipinski definition) is 4. The molecule has 5 rings (SSSR count). The number of fused-ring (bicyclic) bond motifs is 1. The van der Waals surface area contributed by atoms with Crippen molar-refractivity contribution in [2.45, 2.75) is 24.1 Å². The average molecular weight is 308 g/mol. The summed E-state index contributed by atoms with van der Waals surface area (Å²) in [4.78, 5) is 6.89. The highest BCUT2D eigenvalue weighted by atomic mass is 16.5. The minimum absolute atomic E-state index is 0.204. The second-order valence-corrected chi connectivity index (χ2v) is 6.91. The van der Waals surface area contributed by atoms with E-state index >= 15 is 0 Å². The zero-order valence-electron chi connectivity index (χ0n) is 13.1. The number of piperidine rings is 2. The number of ether oxygens (including phenoxy) is 1. The average Bonchev–Trinajstić information content (AvgIpc) is 3.41. The third kappa shape index (κ3) is 1.51. The molecular formula is C19H20N2O2. The molecule has 1 saturated carbocycles. The summed E-state index contributed by atoms with van der Waals surface area (Å²) in [6, 6.07) is 7.99. The van der Waals surface area contributed by atoms with Gasteiger partial charge in [-0.05, 0) is 48.7 Å². The third-order valence-electron chi connectivity index (χ3n) is 6.23. The summed E-state index contributed by atoms with van der Waals surface area (Å²) in [6.07, 6.45) is 4.62. The van der Waals surface area contributed by atoms with E-state index in [1.165, 1.54) is 6.42 Å². The molecule has 0 radical (unpaired) electrons. The van der Waals surface area contributed by atoms with Crippen molar-refractivity contribution in [3.05, 3.63) is 48.7 Å². The Hall–Kier alpha value is -1.91. The summed E-state index contributed by atoms with van der Waals surface area (Å²) in [5, 5.41) is 12.1. The molecule has 1 spiro atoms. The van der Waals surface area contributed by atoms with E-state index in [0.29, 0.717) is 11.8 Å². The number of pyridine rings is 1. The minimum Gasteiger partial charge on any atom is -0.497 e. The maximum absolute atomic E-state index is 11.1. The van der Waals surface area contributed by atoms with Gasteiger partial charge in [-0.2, -0.15) is 0 Å². The first-order chi connectivity index (χ1) is 11.2. The van der Waals surface area contributed by atoms with Gasteiger partial charge in [0.05, 0.1) is 24.8 Å². The lowest BCUT2D eigenvalue weighted by Gasteiger charge is -2.15. The molecule has 0 amide bonds. The summed E-state index contributed by atoms with van der Waals surface area (Å²) < 4.78 is 5.34. The number of nitrogens with zero attached hydrogens (tertiary/aromatic N) is 2. The van der Waals surface area contributed by atoms with Crippen LogP contribution in [0.5, 0.6) is 5.75 Å². The predicted molar refractivity (Wildman–Crippen MR) is 88.3 cm³/mol. The van der Waals surface area contributed by atoms with Gasteiger partial charge in [-0.1, -0.05) is 6.08 Å². The number of aliphatic hydroxyl groups excluding tert-OH is 1. The van der Waals surface area contributed by atoms with Gasteiger partial charge >= 0.3 is 0 Å². The number of aromatic nitrogens is 1. The second-order valence-electron chi connectivity index (χ2n) is 6.91. The number of methoxy groups -OCH3 is 1. The SMILES string of the molecule is C=CC1C2CCN3C(C(O)c4ccnc5ccc(OC)cc45)C123. The van der Waals surface area contributed by atoms with E-state index < -0.39 is 6.10 Å². The van der Waals surface area contributed by atoms with Crippen LogP contribution in [0.25, 0.3) is 10.9 Å². The van der Waals surface area contributed by atoms with Crippen molar-refractivity contribution in [2.24, 2.45) is 11.8 Å². The lowest BCUT2D eigenvalue weighted by atomic mass is 9.98. The highest BCUT2D eigenvalue weighted by molar-refractivity contribution is 5.84. The van der Waals surface area contributed by atoms with Crippen LogP contribution >= 0.6 is 0 Å².